The third kappa shape index (κ3) is 3.09. The summed E-state index contributed by atoms with van der Waals surface area (Å²) in [5.41, 5.74) is 8.09. The number of ether oxygens (including phenoxy) is 1. The van der Waals surface area contributed by atoms with Crippen LogP contribution in [0.3, 0.4) is 0 Å². The Morgan fingerprint density at radius 3 is 3.00 bits per heavy atom. The molecule has 0 fully saturated rings. The highest BCUT2D eigenvalue weighted by Gasteiger charge is 2.12. The smallest absolute Gasteiger partial charge is 0.340 e. The molecule has 0 radical (unpaired) electrons. The van der Waals surface area contributed by atoms with Crippen LogP contribution < -0.4 is 5.73 Å². The molecule has 19 heavy (non-hydrogen) atoms. The molecule has 100 valence electrons. The minimum absolute atomic E-state index is 0.298. The van der Waals surface area contributed by atoms with Crippen LogP contribution in [-0.4, -0.2) is 27.3 Å². The van der Waals surface area contributed by atoms with Gasteiger partial charge in [0.2, 0.25) is 0 Å². The second kappa shape index (κ2) is 5.51. The Kier molecular flexibility index (Phi) is 3.79. The van der Waals surface area contributed by atoms with Gasteiger partial charge in [-0.05, 0) is 19.1 Å². The molecule has 2 heterocycles. The van der Waals surface area contributed by atoms with Crippen molar-refractivity contribution in [2.24, 2.45) is 7.05 Å². The fourth-order valence-electron chi connectivity index (χ4n) is 1.73. The molecule has 0 saturated heterocycles. The number of carbonyl (C=O) groups excluding carboxylic acids is 1. The molecular formula is C13H16N4O2. The van der Waals surface area contributed by atoms with E-state index in [1.807, 2.05) is 13.1 Å². The van der Waals surface area contributed by atoms with Gasteiger partial charge in [-0.15, -0.1) is 0 Å². The van der Waals surface area contributed by atoms with Crippen molar-refractivity contribution in [3.05, 3.63) is 41.5 Å². The predicted octanol–water partition coefficient (Wildman–Crippen LogP) is 1.11. The third-order valence-corrected chi connectivity index (χ3v) is 2.84. The van der Waals surface area contributed by atoms with Crippen molar-refractivity contribution < 1.29 is 9.53 Å². The van der Waals surface area contributed by atoms with Gasteiger partial charge in [0.25, 0.3) is 0 Å². The molecule has 6 heteroatoms. The zero-order valence-corrected chi connectivity index (χ0v) is 11.0. The van der Waals surface area contributed by atoms with E-state index in [2.05, 4.69) is 10.1 Å². The lowest BCUT2D eigenvalue weighted by Crippen LogP contribution is -2.12. The topological polar surface area (TPSA) is 83.0 Å². The van der Waals surface area contributed by atoms with E-state index in [0.717, 1.165) is 5.69 Å². The molecule has 0 spiro atoms. The minimum atomic E-state index is -0.403. The molecule has 0 atom stereocenters. The number of pyridine rings is 1. The molecule has 0 aliphatic heterocycles. The number of rotatable bonds is 4. The van der Waals surface area contributed by atoms with Gasteiger partial charge in [-0.25, -0.2) is 4.79 Å². The summed E-state index contributed by atoms with van der Waals surface area (Å²) in [6.07, 6.45) is 3.85. The van der Waals surface area contributed by atoms with Gasteiger partial charge < -0.3 is 10.5 Å². The van der Waals surface area contributed by atoms with E-state index >= 15 is 0 Å². The number of nitrogens with zero attached hydrogens (tertiary/aromatic N) is 3. The van der Waals surface area contributed by atoms with Gasteiger partial charge in [0, 0.05) is 25.4 Å². The number of hydrogen-bond donors (Lipinski definition) is 1. The Bertz CT molecular complexity index is 592. The summed E-state index contributed by atoms with van der Waals surface area (Å²) in [4.78, 5) is 15.9. The number of aromatic nitrogens is 3. The lowest BCUT2D eigenvalue weighted by atomic mass is 10.2. The Hall–Kier alpha value is -2.37. The normalized spacial score (nSPS) is 10.4. The number of anilines is 1. The van der Waals surface area contributed by atoms with Gasteiger partial charge in [0.15, 0.2) is 0 Å². The predicted molar refractivity (Wildman–Crippen MR) is 70.6 cm³/mol. The van der Waals surface area contributed by atoms with Gasteiger partial charge >= 0.3 is 5.97 Å². The molecule has 2 rings (SSSR count). The number of nitrogens with two attached hydrogens (primary N) is 1. The first kappa shape index (κ1) is 13.1. The monoisotopic (exact) mass is 260 g/mol. The number of aryl methyl sites for hydroxylation is 2. The molecule has 2 N–H and O–H groups in total. The molecule has 2 aromatic heterocycles. The van der Waals surface area contributed by atoms with E-state index in [9.17, 15) is 4.79 Å². The van der Waals surface area contributed by atoms with E-state index in [1.165, 1.54) is 6.20 Å². The largest absolute Gasteiger partial charge is 0.462 e. The second-order valence-electron chi connectivity index (χ2n) is 4.23. The summed E-state index contributed by atoms with van der Waals surface area (Å²) in [6, 6.07) is 3.47. The van der Waals surface area contributed by atoms with Crippen LogP contribution in [0.15, 0.2) is 24.5 Å². The molecule has 6 nitrogen and oxygen atoms in total. The number of nitrogen functional groups attached to an aromatic ring is 1. The van der Waals surface area contributed by atoms with Crippen molar-refractivity contribution >= 4 is 11.7 Å². The van der Waals surface area contributed by atoms with Gasteiger partial charge in [-0.1, -0.05) is 0 Å². The molecule has 0 bridgehead atoms. The lowest BCUT2D eigenvalue weighted by Gasteiger charge is -2.07. The van der Waals surface area contributed by atoms with Crippen LogP contribution >= 0.6 is 0 Å². The van der Waals surface area contributed by atoms with Gasteiger partial charge in [0.1, 0.15) is 0 Å². The summed E-state index contributed by atoms with van der Waals surface area (Å²) in [7, 11) is 1.85. The summed E-state index contributed by atoms with van der Waals surface area (Å²) in [5.74, 6) is -0.403. The van der Waals surface area contributed by atoms with Crippen molar-refractivity contribution in [3.8, 4) is 0 Å². The number of hydrogen-bond acceptors (Lipinski definition) is 5. The Labute approximate surface area is 111 Å². The SMILES string of the molecule is Cc1ncc(N)cc1C(=O)OCCc1ccnn1C. The Morgan fingerprint density at radius 1 is 1.53 bits per heavy atom. The average Bonchev–Trinajstić information content (AvgIpc) is 2.78. The quantitative estimate of drug-likeness (QED) is 0.832. The number of carbonyl (C=O) groups is 1. The maximum Gasteiger partial charge on any atom is 0.340 e. The summed E-state index contributed by atoms with van der Waals surface area (Å²) in [5, 5.41) is 4.05. The van der Waals surface area contributed by atoms with Crippen molar-refractivity contribution in [1.29, 1.82) is 0 Å². The molecule has 0 aromatic carbocycles. The third-order valence-electron chi connectivity index (χ3n) is 2.84. The molecule has 0 aliphatic rings. The first-order valence-electron chi connectivity index (χ1n) is 5.94. The molecule has 0 saturated carbocycles. The zero-order valence-electron chi connectivity index (χ0n) is 11.0. The van der Waals surface area contributed by atoms with E-state index in [0.29, 0.717) is 30.0 Å². The fraction of sp³-hybridized carbons (Fsp3) is 0.308. The van der Waals surface area contributed by atoms with Gasteiger partial charge in [-0.2, -0.15) is 5.10 Å². The summed E-state index contributed by atoms with van der Waals surface area (Å²) >= 11 is 0. The Morgan fingerprint density at radius 2 is 2.32 bits per heavy atom. The van der Waals surface area contributed by atoms with Crippen molar-refractivity contribution in [3.63, 3.8) is 0 Å². The van der Waals surface area contributed by atoms with Crippen molar-refractivity contribution in [1.82, 2.24) is 14.8 Å². The van der Waals surface area contributed by atoms with E-state index < -0.39 is 5.97 Å². The van der Waals surface area contributed by atoms with E-state index in [4.69, 9.17) is 10.5 Å². The average molecular weight is 260 g/mol. The van der Waals surface area contributed by atoms with E-state index in [1.54, 1.807) is 23.9 Å². The van der Waals surface area contributed by atoms with Crippen LogP contribution in [0.2, 0.25) is 0 Å². The summed E-state index contributed by atoms with van der Waals surface area (Å²) in [6.45, 7) is 2.05. The fourth-order valence-corrected chi connectivity index (χ4v) is 1.73. The highest BCUT2D eigenvalue weighted by Crippen LogP contribution is 2.11. The van der Waals surface area contributed by atoms with Crippen LogP contribution in [-0.2, 0) is 18.2 Å². The Balaban J connectivity index is 1.94. The summed E-state index contributed by atoms with van der Waals surface area (Å²) < 4.78 is 6.97. The molecule has 0 unspecified atom stereocenters. The molecule has 0 aliphatic carbocycles. The molecule has 2 aromatic rings. The van der Waals surface area contributed by atoms with E-state index in [-0.39, 0.29) is 0 Å². The lowest BCUT2D eigenvalue weighted by molar-refractivity contribution is 0.0506. The van der Waals surface area contributed by atoms with Crippen molar-refractivity contribution in [2.45, 2.75) is 13.3 Å². The standard InChI is InChI=1S/C13H16N4O2/c1-9-12(7-10(14)8-15-9)13(18)19-6-4-11-3-5-16-17(11)2/h3,5,7-8H,4,6,14H2,1-2H3. The maximum absolute atomic E-state index is 11.9. The van der Waals surface area contributed by atoms with Crippen molar-refractivity contribution in [2.75, 3.05) is 12.3 Å². The number of esters is 1. The van der Waals surface area contributed by atoms with Gasteiger partial charge in [0.05, 0.1) is 29.7 Å². The van der Waals surface area contributed by atoms with Crippen LogP contribution in [0.5, 0.6) is 0 Å². The van der Waals surface area contributed by atoms with Crippen LogP contribution in [0, 0.1) is 6.92 Å². The zero-order chi connectivity index (χ0) is 13.8. The minimum Gasteiger partial charge on any atom is -0.462 e. The van der Waals surface area contributed by atoms with Gasteiger partial charge in [-0.3, -0.25) is 9.67 Å². The maximum atomic E-state index is 11.9. The van der Waals surface area contributed by atoms with Crippen LogP contribution in [0.25, 0.3) is 0 Å². The highest BCUT2D eigenvalue weighted by molar-refractivity contribution is 5.91. The highest BCUT2D eigenvalue weighted by atomic mass is 16.5. The van der Waals surface area contributed by atoms with Crippen LogP contribution in [0.1, 0.15) is 21.7 Å². The first-order valence-corrected chi connectivity index (χ1v) is 5.94. The molecule has 0 amide bonds. The van der Waals surface area contributed by atoms with Crippen LogP contribution in [0.4, 0.5) is 5.69 Å². The molecular weight excluding hydrogens is 244 g/mol. The first-order chi connectivity index (χ1) is 9.08. The second-order valence-corrected chi connectivity index (χ2v) is 4.23.